The van der Waals surface area contributed by atoms with Crippen LogP contribution in [0.1, 0.15) is 31.2 Å². The lowest BCUT2D eigenvalue weighted by Gasteiger charge is -2.09. The minimum Gasteiger partial charge on any atom is -0.338 e. The summed E-state index contributed by atoms with van der Waals surface area (Å²) in [6, 6.07) is 10.9. The smallest absolute Gasteiger partial charge is 0.321 e. The first-order valence-corrected chi connectivity index (χ1v) is 5.99. The van der Waals surface area contributed by atoms with Crippen LogP contribution in [0.5, 0.6) is 0 Å². The van der Waals surface area contributed by atoms with E-state index in [0.29, 0.717) is 6.01 Å². The first-order chi connectivity index (χ1) is 8.35. The molecule has 1 aromatic heterocycles. The zero-order chi connectivity index (χ0) is 11.7. The van der Waals surface area contributed by atoms with Crippen LogP contribution in [0.4, 0.5) is 6.01 Å². The van der Waals surface area contributed by atoms with E-state index in [1.54, 1.807) is 0 Å². The van der Waals surface area contributed by atoms with E-state index in [2.05, 4.69) is 39.7 Å². The first kappa shape index (κ1) is 10.3. The molecule has 4 heteroatoms. The lowest BCUT2D eigenvalue weighted by atomic mass is 9.95. The molecule has 1 aromatic carbocycles. The maximum absolute atomic E-state index is 5.18. The number of aromatic nitrogens is 2. The van der Waals surface area contributed by atoms with Crippen LogP contribution < -0.4 is 5.32 Å². The molecule has 0 radical (unpaired) electrons. The van der Waals surface area contributed by atoms with E-state index < -0.39 is 0 Å². The van der Waals surface area contributed by atoms with E-state index in [0.717, 1.165) is 25.2 Å². The Morgan fingerprint density at radius 3 is 2.71 bits per heavy atom. The van der Waals surface area contributed by atoms with Crippen LogP contribution >= 0.6 is 0 Å². The molecular formula is C13H15N3O. The van der Waals surface area contributed by atoms with Crippen molar-refractivity contribution < 1.29 is 4.52 Å². The van der Waals surface area contributed by atoms with Crippen LogP contribution in [0.3, 0.4) is 0 Å². The molecule has 1 aliphatic carbocycles. The molecule has 1 aliphatic rings. The fraction of sp³-hybridized carbons (Fsp3) is 0.385. The molecule has 3 rings (SSSR count). The quantitative estimate of drug-likeness (QED) is 0.875. The molecule has 17 heavy (non-hydrogen) atoms. The van der Waals surface area contributed by atoms with Crippen LogP contribution in [0.2, 0.25) is 0 Å². The lowest BCUT2D eigenvalue weighted by molar-refractivity contribution is 0.418. The molecule has 4 nitrogen and oxygen atoms in total. The maximum Gasteiger partial charge on any atom is 0.321 e. The van der Waals surface area contributed by atoms with Crippen molar-refractivity contribution in [2.45, 2.75) is 25.2 Å². The summed E-state index contributed by atoms with van der Waals surface area (Å²) in [5.74, 6) is 0.805. The van der Waals surface area contributed by atoms with Gasteiger partial charge in [-0.15, -0.1) is 0 Å². The number of nitrogens with one attached hydrogen (secondary N) is 1. The van der Waals surface area contributed by atoms with Gasteiger partial charge in [0.1, 0.15) is 0 Å². The van der Waals surface area contributed by atoms with Gasteiger partial charge in [0.25, 0.3) is 0 Å². The highest BCUT2D eigenvalue weighted by atomic mass is 16.5. The summed E-state index contributed by atoms with van der Waals surface area (Å²) in [7, 11) is 0. The second-order valence-electron chi connectivity index (χ2n) is 4.40. The van der Waals surface area contributed by atoms with Crippen molar-refractivity contribution in [3.8, 4) is 0 Å². The summed E-state index contributed by atoms with van der Waals surface area (Å²) in [6.07, 6.45) is 2.20. The van der Waals surface area contributed by atoms with Crippen LogP contribution in [0.25, 0.3) is 0 Å². The van der Waals surface area contributed by atoms with Gasteiger partial charge in [-0.25, -0.2) is 0 Å². The molecule has 2 aromatic rings. The molecule has 0 saturated heterocycles. The third-order valence-corrected chi connectivity index (χ3v) is 3.26. The molecule has 0 aliphatic heterocycles. The van der Waals surface area contributed by atoms with E-state index in [4.69, 9.17) is 4.52 Å². The zero-order valence-electron chi connectivity index (χ0n) is 9.81. The number of benzene rings is 1. The van der Waals surface area contributed by atoms with Crippen molar-refractivity contribution in [2.24, 2.45) is 0 Å². The summed E-state index contributed by atoms with van der Waals surface area (Å²) in [4.78, 5) is 4.42. The van der Waals surface area contributed by atoms with Gasteiger partial charge in [-0.1, -0.05) is 35.5 Å². The predicted octanol–water partition coefficient (Wildman–Crippen LogP) is 2.58. The van der Waals surface area contributed by atoms with Gasteiger partial charge in [0, 0.05) is 6.54 Å². The van der Waals surface area contributed by atoms with Gasteiger partial charge in [-0.3, -0.25) is 0 Å². The van der Waals surface area contributed by atoms with Crippen molar-refractivity contribution in [1.29, 1.82) is 0 Å². The second-order valence-corrected chi connectivity index (χ2v) is 4.40. The van der Waals surface area contributed by atoms with Crippen molar-refractivity contribution in [2.75, 3.05) is 11.9 Å². The zero-order valence-corrected chi connectivity index (χ0v) is 9.81. The first-order valence-electron chi connectivity index (χ1n) is 5.99. The molecule has 1 heterocycles. The Kier molecular flexibility index (Phi) is 2.35. The Morgan fingerprint density at radius 2 is 2.06 bits per heavy atom. The Hall–Kier alpha value is -1.84. The second kappa shape index (κ2) is 3.87. The molecule has 1 N–H and O–H groups in total. The van der Waals surface area contributed by atoms with Gasteiger partial charge in [-0.2, -0.15) is 4.98 Å². The summed E-state index contributed by atoms with van der Waals surface area (Å²) < 4.78 is 5.18. The maximum atomic E-state index is 5.18. The van der Waals surface area contributed by atoms with Crippen LogP contribution in [0, 0.1) is 0 Å². The minimum atomic E-state index is -0.00156. The van der Waals surface area contributed by atoms with E-state index in [1.165, 1.54) is 5.56 Å². The van der Waals surface area contributed by atoms with E-state index in [1.807, 2.05) is 13.0 Å². The molecule has 1 fully saturated rings. The van der Waals surface area contributed by atoms with Gasteiger partial charge < -0.3 is 9.84 Å². The fourth-order valence-electron chi connectivity index (χ4n) is 2.16. The topological polar surface area (TPSA) is 51.0 Å². The number of hydrogen-bond donors (Lipinski definition) is 1. The number of nitrogens with zero attached hydrogens (tertiary/aromatic N) is 2. The normalized spacial score (nSPS) is 16.8. The largest absolute Gasteiger partial charge is 0.338 e. The molecule has 88 valence electrons. The molecule has 0 unspecified atom stereocenters. The average molecular weight is 229 g/mol. The summed E-state index contributed by atoms with van der Waals surface area (Å²) in [5.41, 5.74) is 1.28. The molecule has 0 bridgehead atoms. The molecule has 1 saturated carbocycles. The van der Waals surface area contributed by atoms with Gasteiger partial charge in [0.2, 0.25) is 0 Å². The van der Waals surface area contributed by atoms with Crippen molar-refractivity contribution >= 4 is 6.01 Å². The van der Waals surface area contributed by atoms with E-state index in [-0.39, 0.29) is 5.41 Å². The van der Waals surface area contributed by atoms with Crippen molar-refractivity contribution in [3.05, 3.63) is 41.7 Å². The third kappa shape index (κ3) is 1.69. The Balaban J connectivity index is 1.92. The molecule has 0 amide bonds. The van der Waals surface area contributed by atoms with E-state index >= 15 is 0 Å². The standard InChI is InChI=1S/C13H15N3O/c1-2-14-12-15-11(16-17-12)13(8-9-13)10-6-4-3-5-7-10/h3-7H,2,8-9H2,1H3,(H,14,15,16). The van der Waals surface area contributed by atoms with Crippen LogP contribution in [-0.2, 0) is 5.41 Å². The Labute approximate surface area is 100 Å². The highest BCUT2D eigenvalue weighted by Crippen LogP contribution is 2.52. The summed E-state index contributed by atoms with van der Waals surface area (Å²) >= 11 is 0. The molecule has 0 spiro atoms. The third-order valence-electron chi connectivity index (χ3n) is 3.26. The van der Waals surface area contributed by atoms with Gasteiger partial charge in [0.15, 0.2) is 5.82 Å². The Morgan fingerprint density at radius 1 is 1.29 bits per heavy atom. The molecular weight excluding hydrogens is 214 g/mol. The van der Waals surface area contributed by atoms with Crippen LogP contribution in [-0.4, -0.2) is 16.7 Å². The van der Waals surface area contributed by atoms with E-state index in [9.17, 15) is 0 Å². The summed E-state index contributed by atoms with van der Waals surface area (Å²) in [5, 5.41) is 7.14. The van der Waals surface area contributed by atoms with Gasteiger partial charge in [0.05, 0.1) is 5.41 Å². The van der Waals surface area contributed by atoms with Crippen molar-refractivity contribution in [1.82, 2.24) is 10.1 Å². The number of anilines is 1. The molecule has 0 atom stereocenters. The van der Waals surface area contributed by atoms with Crippen molar-refractivity contribution in [3.63, 3.8) is 0 Å². The SMILES string of the molecule is CCNc1nc(C2(c3ccccc3)CC2)no1. The summed E-state index contributed by atoms with van der Waals surface area (Å²) in [6.45, 7) is 2.80. The minimum absolute atomic E-state index is 0.00156. The monoisotopic (exact) mass is 229 g/mol. The highest BCUT2D eigenvalue weighted by molar-refractivity contribution is 5.39. The van der Waals surface area contributed by atoms with Gasteiger partial charge >= 0.3 is 6.01 Å². The van der Waals surface area contributed by atoms with Gasteiger partial charge in [-0.05, 0) is 25.3 Å². The lowest BCUT2D eigenvalue weighted by Crippen LogP contribution is -2.10. The highest BCUT2D eigenvalue weighted by Gasteiger charge is 2.49. The Bertz CT molecular complexity index is 502. The average Bonchev–Trinajstić information content (AvgIpc) is 3.06. The number of hydrogen-bond acceptors (Lipinski definition) is 4. The van der Waals surface area contributed by atoms with Crippen LogP contribution in [0.15, 0.2) is 34.9 Å². The number of rotatable bonds is 4. The predicted molar refractivity (Wildman–Crippen MR) is 64.9 cm³/mol. The fourth-order valence-corrected chi connectivity index (χ4v) is 2.16.